The summed E-state index contributed by atoms with van der Waals surface area (Å²) in [4.78, 5) is 23.9. The van der Waals surface area contributed by atoms with Crippen LogP contribution in [0.5, 0.6) is 6.01 Å². The molecule has 1 heterocycles. The summed E-state index contributed by atoms with van der Waals surface area (Å²) in [5, 5.41) is 1.07. The normalized spacial score (nSPS) is 9.64. The number of hydrogen-bond donors (Lipinski definition) is 0. The van der Waals surface area contributed by atoms with E-state index in [-0.39, 0.29) is 17.6 Å². The monoisotopic (exact) mass is 197 g/mol. The number of hydrogen-bond acceptors (Lipinski definition) is 5. The van der Waals surface area contributed by atoms with Crippen LogP contribution in [0.4, 0.5) is 0 Å². The molecule has 0 saturated heterocycles. The van der Waals surface area contributed by atoms with E-state index in [0.29, 0.717) is 0 Å². The maximum atomic E-state index is 11.5. The molecule has 1 aromatic heterocycles. The summed E-state index contributed by atoms with van der Waals surface area (Å²) in [7, 11) is 4.33. The Labute approximate surface area is 81.4 Å². The minimum Gasteiger partial charge on any atom is -0.467 e. The first-order chi connectivity index (χ1) is 6.69. The molecule has 1 amide bonds. The van der Waals surface area contributed by atoms with Gasteiger partial charge in [0.15, 0.2) is 0 Å². The fourth-order valence-corrected chi connectivity index (χ4v) is 0.802. The molecule has 0 radical (unpaired) electrons. The van der Waals surface area contributed by atoms with Gasteiger partial charge in [-0.25, -0.2) is 10.0 Å². The van der Waals surface area contributed by atoms with E-state index in [2.05, 4.69) is 9.97 Å². The minimum absolute atomic E-state index is 0.153. The zero-order valence-corrected chi connectivity index (χ0v) is 8.22. The number of carbonyl (C=O) groups excluding carboxylic acids is 1. The Hall–Kier alpha value is -1.69. The Morgan fingerprint density at radius 2 is 2.21 bits per heavy atom. The second-order valence-corrected chi connectivity index (χ2v) is 2.41. The number of ether oxygens (including phenoxy) is 1. The Morgan fingerprint density at radius 1 is 1.50 bits per heavy atom. The smallest absolute Gasteiger partial charge is 0.316 e. The van der Waals surface area contributed by atoms with Gasteiger partial charge in [0.25, 0.3) is 5.91 Å². The second-order valence-electron chi connectivity index (χ2n) is 2.41. The van der Waals surface area contributed by atoms with Crippen LogP contribution in [0.2, 0.25) is 0 Å². The molecule has 1 rings (SSSR count). The Balaban J connectivity index is 2.90. The van der Waals surface area contributed by atoms with E-state index in [0.717, 1.165) is 5.06 Å². The van der Waals surface area contributed by atoms with Gasteiger partial charge in [0.1, 0.15) is 5.69 Å². The standard InChI is InChI=1S/C8H11N3O3/c1-11(14-3)7(12)6-4-5-9-8(10-6)13-2/h4-5H,1-3H3. The van der Waals surface area contributed by atoms with Gasteiger partial charge >= 0.3 is 6.01 Å². The molecule has 0 saturated carbocycles. The zero-order chi connectivity index (χ0) is 10.6. The predicted molar refractivity (Wildman–Crippen MR) is 47.7 cm³/mol. The third-order valence-electron chi connectivity index (χ3n) is 1.60. The van der Waals surface area contributed by atoms with Gasteiger partial charge in [0.2, 0.25) is 0 Å². The summed E-state index contributed by atoms with van der Waals surface area (Å²) >= 11 is 0. The van der Waals surface area contributed by atoms with E-state index >= 15 is 0 Å². The molecular formula is C8H11N3O3. The van der Waals surface area contributed by atoms with Gasteiger partial charge in [-0.15, -0.1) is 0 Å². The molecular weight excluding hydrogens is 186 g/mol. The molecule has 0 aliphatic carbocycles. The van der Waals surface area contributed by atoms with Crippen LogP contribution >= 0.6 is 0 Å². The largest absolute Gasteiger partial charge is 0.467 e. The van der Waals surface area contributed by atoms with Crippen molar-refractivity contribution in [3.8, 4) is 6.01 Å². The molecule has 14 heavy (non-hydrogen) atoms. The molecule has 6 heteroatoms. The van der Waals surface area contributed by atoms with E-state index in [9.17, 15) is 4.79 Å². The van der Waals surface area contributed by atoms with Crippen LogP contribution < -0.4 is 4.74 Å². The van der Waals surface area contributed by atoms with Crippen LogP contribution in [0, 0.1) is 0 Å². The lowest BCUT2D eigenvalue weighted by Crippen LogP contribution is -2.26. The molecule has 0 aliphatic heterocycles. The molecule has 0 bridgehead atoms. The quantitative estimate of drug-likeness (QED) is 0.644. The summed E-state index contributed by atoms with van der Waals surface area (Å²) < 4.78 is 4.78. The fraction of sp³-hybridized carbons (Fsp3) is 0.375. The van der Waals surface area contributed by atoms with Crippen molar-refractivity contribution in [1.82, 2.24) is 15.0 Å². The Morgan fingerprint density at radius 3 is 2.79 bits per heavy atom. The molecule has 0 unspecified atom stereocenters. The summed E-state index contributed by atoms with van der Waals surface area (Å²) in [6, 6.07) is 1.64. The summed E-state index contributed by atoms with van der Waals surface area (Å²) in [5.41, 5.74) is 0.223. The van der Waals surface area contributed by atoms with Gasteiger partial charge in [0.05, 0.1) is 14.2 Å². The maximum Gasteiger partial charge on any atom is 0.316 e. The van der Waals surface area contributed by atoms with Crippen molar-refractivity contribution in [3.05, 3.63) is 18.0 Å². The van der Waals surface area contributed by atoms with Crippen LogP contribution in [0.25, 0.3) is 0 Å². The van der Waals surface area contributed by atoms with Crippen molar-refractivity contribution >= 4 is 5.91 Å². The van der Waals surface area contributed by atoms with Crippen LogP contribution in [0.15, 0.2) is 12.3 Å². The number of methoxy groups -OCH3 is 1. The van der Waals surface area contributed by atoms with Crippen LogP contribution in [-0.2, 0) is 4.84 Å². The highest BCUT2D eigenvalue weighted by molar-refractivity contribution is 5.91. The Bertz CT molecular complexity index is 329. The number of carbonyl (C=O) groups is 1. The fourth-order valence-electron chi connectivity index (χ4n) is 0.802. The average molecular weight is 197 g/mol. The van der Waals surface area contributed by atoms with Crippen molar-refractivity contribution in [2.75, 3.05) is 21.3 Å². The highest BCUT2D eigenvalue weighted by atomic mass is 16.7. The molecule has 0 fully saturated rings. The van der Waals surface area contributed by atoms with Crippen LogP contribution in [0.1, 0.15) is 10.5 Å². The molecule has 76 valence electrons. The van der Waals surface area contributed by atoms with E-state index in [1.165, 1.54) is 33.5 Å². The van der Waals surface area contributed by atoms with Crippen molar-refractivity contribution in [3.63, 3.8) is 0 Å². The summed E-state index contributed by atoms with van der Waals surface area (Å²) in [6.07, 6.45) is 1.45. The topological polar surface area (TPSA) is 64.5 Å². The molecule has 0 atom stereocenters. The van der Waals surface area contributed by atoms with Gasteiger partial charge in [0, 0.05) is 13.2 Å². The lowest BCUT2D eigenvalue weighted by molar-refractivity contribution is -0.0760. The Kier molecular flexibility index (Phi) is 3.35. The first kappa shape index (κ1) is 10.4. The second kappa shape index (κ2) is 4.52. The number of amides is 1. The third-order valence-corrected chi connectivity index (χ3v) is 1.60. The zero-order valence-electron chi connectivity index (χ0n) is 8.22. The van der Waals surface area contributed by atoms with Crippen LogP contribution in [-0.4, -0.2) is 42.2 Å². The molecule has 1 aromatic rings. The first-order valence-corrected chi connectivity index (χ1v) is 3.88. The molecule has 0 N–H and O–H groups in total. The highest BCUT2D eigenvalue weighted by Gasteiger charge is 2.13. The van der Waals surface area contributed by atoms with Gasteiger partial charge < -0.3 is 4.74 Å². The van der Waals surface area contributed by atoms with E-state index in [4.69, 9.17) is 9.57 Å². The van der Waals surface area contributed by atoms with Crippen molar-refractivity contribution < 1.29 is 14.4 Å². The number of rotatable bonds is 3. The molecule has 0 spiro atoms. The molecule has 0 aromatic carbocycles. The SMILES string of the molecule is COc1nccc(C(=O)N(C)OC)n1. The summed E-state index contributed by atoms with van der Waals surface area (Å²) in [5.74, 6) is -0.354. The molecule has 6 nitrogen and oxygen atoms in total. The number of aromatic nitrogens is 2. The van der Waals surface area contributed by atoms with Crippen LogP contribution in [0.3, 0.4) is 0 Å². The lowest BCUT2D eigenvalue weighted by Gasteiger charge is -2.12. The van der Waals surface area contributed by atoms with Gasteiger partial charge in [-0.1, -0.05) is 0 Å². The van der Waals surface area contributed by atoms with Gasteiger partial charge in [-0.3, -0.25) is 9.63 Å². The predicted octanol–water partition coefficient (Wildman–Crippen LogP) is 0.119. The first-order valence-electron chi connectivity index (χ1n) is 3.88. The van der Waals surface area contributed by atoms with Crippen molar-refractivity contribution in [1.29, 1.82) is 0 Å². The van der Waals surface area contributed by atoms with E-state index in [1.807, 2.05) is 0 Å². The third kappa shape index (κ3) is 2.17. The number of hydroxylamine groups is 2. The van der Waals surface area contributed by atoms with Crippen molar-refractivity contribution in [2.45, 2.75) is 0 Å². The maximum absolute atomic E-state index is 11.5. The lowest BCUT2D eigenvalue weighted by atomic mass is 10.4. The average Bonchev–Trinajstić information content (AvgIpc) is 2.27. The molecule has 0 aliphatic rings. The number of nitrogens with zero attached hydrogens (tertiary/aromatic N) is 3. The summed E-state index contributed by atoms with van der Waals surface area (Å²) in [6.45, 7) is 0. The van der Waals surface area contributed by atoms with Gasteiger partial charge in [-0.2, -0.15) is 4.98 Å². The highest BCUT2D eigenvalue weighted by Crippen LogP contribution is 2.04. The van der Waals surface area contributed by atoms with Gasteiger partial charge in [-0.05, 0) is 6.07 Å². The minimum atomic E-state index is -0.354. The van der Waals surface area contributed by atoms with E-state index < -0.39 is 0 Å². The van der Waals surface area contributed by atoms with E-state index in [1.54, 1.807) is 0 Å². The van der Waals surface area contributed by atoms with Crippen molar-refractivity contribution in [2.24, 2.45) is 0 Å².